The predicted molar refractivity (Wildman–Crippen MR) is 99.6 cm³/mol. The van der Waals surface area contributed by atoms with Gasteiger partial charge in [0.2, 0.25) is 0 Å². The fourth-order valence-corrected chi connectivity index (χ4v) is 4.19. The van der Waals surface area contributed by atoms with Gasteiger partial charge in [0, 0.05) is 51.7 Å². The lowest BCUT2D eigenvalue weighted by atomic mass is 9.85. The first-order chi connectivity index (χ1) is 12.3. The number of likely N-dealkylation sites (tertiary alicyclic amines) is 1. The lowest BCUT2D eigenvalue weighted by Gasteiger charge is -2.43. The van der Waals surface area contributed by atoms with Gasteiger partial charge in [-0.25, -0.2) is 4.79 Å². The zero-order valence-electron chi connectivity index (χ0n) is 16.4. The van der Waals surface area contributed by atoms with Crippen LogP contribution in [0, 0.1) is 5.92 Å². The molecule has 0 radical (unpaired) electrons. The first-order valence-corrected chi connectivity index (χ1v) is 9.66. The number of carbonyl (C=O) groups is 2. The molecule has 1 unspecified atom stereocenters. The van der Waals surface area contributed by atoms with Crippen LogP contribution in [0.25, 0.3) is 0 Å². The van der Waals surface area contributed by atoms with Crippen molar-refractivity contribution in [2.24, 2.45) is 5.92 Å². The van der Waals surface area contributed by atoms with Crippen LogP contribution in [0.2, 0.25) is 0 Å². The van der Waals surface area contributed by atoms with Crippen LogP contribution in [-0.2, 0) is 11.3 Å². The molecular formula is C19H31N5O2. The third kappa shape index (κ3) is 3.37. The molecule has 144 valence electrons. The maximum Gasteiger partial charge on any atom is 0.327 e. The van der Waals surface area contributed by atoms with E-state index in [2.05, 4.69) is 16.9 Å². The van der Waals surface area contributed by atoms with Crippen molar-refractivity contribution in [1.29, 1.82) is 0 Å². The number of likely N-dealkylation sites (N-methyl/N-ethyl adjacent to an activating group) is 1. The van der Waals surface area contributed by atoms with E-state index >= 15 is 0 Å². The van der Waals surface area contributed by atoms with Gasteiger partial charge < -0.3 is 9.80 Å². The number of hydrogen-bond acceptors (Lipinski definition) is 4. The lowest BCUT2D eigenvalue weighted by Crippen LogP contribution is -2.56. The molecule has 7 nitrogen and oxygen atoms in total. The van der Waals surface area contributed by atoms with E-state index in [1.807, 2.05) is 30.8 Å². The fraction of sp³-hybridized carbons (Fsp3) is 0.737. The van der Waals surface area contributed by atoms with Crippen LogP contribution in [0.1, 0.15) is 40.0 Å². The highest BCUT2D eigenvalue weighted by atomic mass is 16.2. The van der Waals surface area contributed by atoms with Crippen molar-refractivity contribution in [3.05, 3.63) is 18.5 Å². The zero-order valence-corrected chi connectivity index (χ0v) is 16.4. The van der Waals surface area contributed by atoms with Crippen LogP contribution < -0.4 is 0 Å². The van der Waals surface area contributed by atoms with E-state index in [1.165, 1.54) is 4.90 Å². The molecule has 2 saturated heterocycles. The number of carbonyl (C=O) groups excluding carboxylic acids is 2. The maximum absolute atomic E-state index is 13.0. The summed E-state index contributed by atoms with van der Waals surface area (Å²) < 4.78 is 1.96. The number of aromatic nitrogens is 2. The molecule has 0 aliphatic carbocycles. The van der Waals surface area contributed by atoms with Crippen molar-refractivity contribution in [3.8, 4) is 0 Å². The number of urea groups is 1. The summed E-state index contributed by atoms with van der Waals surface area (Å²) in [5.41, 5.74) is -0.635. The average molecular weight is 361 g/mol. The Hall–Kier alpha value is -1.89. The summed E-state index contributed by atoms with van der Waals surface area (Å²) in [5.74, 6) is 0.288. The van der Waals surface area contributed by atoms with Gasteiger partial charge in [0.25, 0.3) is 5.91 Å². The molecule has 0 N–H and O–H groups in total. The second kappa shape index (κ2) is 7.39. The SMILES string of the molecule is CC(C)CN1C(=O)N(C)C2(CCN(C(C)CCn3cccn3)CC2)C1=O. The van der Waals surface area contributed by atoms with Crippen molar-refractivity contribution in [2.75, 3.05) is 26.7 Å². The molecule has 2 aliphatic rings. The Morgan fingerprint density at radius 1 is 1.19 bits per heavy atom. The minimum atomic E-state index is -0.635. The molecule has 3 amide bonds. The van der Waals surface area contributed by atoms with Gasteiger partial charge >= 0.3 is 6.03 Å². The number of piperidine rings is 1. The molecular weight excluding hydrogens is 330 g/mol. The van der Waals surface area contributed by atoms with Gasteiger partial charge in [0.1, 0.15) is 5.54 Å². The van der Waals surface area contributed by atoms with Crippen LogP contribution in [0.5, 0.6) is 0 Å². The Labute approximate surface area is 155 Å². The van der Waals surface area contributed by atoms with Crippen LogP contribution in [0.15, 0.2) is 18.5 Å². The Kier molecular flexibility index (Phi) is 5.37. The topological polar surface area (TPSA) is 61.7 Å². The summed E-state index contributed by atoms with van der Waals surface area (Å²) in [5, 5.41) is 4.26. The molecule has 7 heteroatoms. The van der Waals surface area contributed by atoms with Crippen molar-refractivity contribution < 1.29 is 9.59 Å². The predicted octanol–water partition coefficient (Wildman–Crippen LogP) is 2.05. The second-order valence-electron chi connectivity index (χ2n) is 8.13. The van der Waals surface area contributed by atoms with Gasteiger partial charge in [-0.15, -0.1) is 0 Å². The molecule has 0 bridgehead atoms. The van der Waals surface area contributed by atoms with Crippen LogP contribution >= 0.6 is 0 Å². The highest BCUT2D eigenvalue weighted by Gasteiger charge is 2.56. The number of rotatable bonds is 6. The van der Waals surface area contributed by atoms with Crippen molar-refractivity contribution >= 4 is 11.9 Å². The van der Waals surface area contributed by atoms with Gasteiger partial charge in [-0.1, -0.05) is 13.8 Å². The first kappa shape index (κ1) is 18.9. The minimum absolute atomic E-state index is 0.00236. The van der Waals surface area contributed by atoms with Crippen LogP contribution in [-0.4, -0.2) is 74.7 Å². The molecule has 3 rings (SSSR count). The Bertz CT molecular complexity index is 634. The molecule has 26 heavy (non-hydrogen) atoms. The summed E-state index contributed by atoms with van der Waals surface area (Å²) in [6.07, 6.45) is 6.25. The third-order valence-corrected chi connectivity index (χ3v) is 5.93. The fourth-order valence-electron chi connectivity index (χ4n) is 4.19. The molecule has 1 atom stereocenters. The van der Waals surface area contributed by atoms with Gasteiger partial charge in [-0.05, 0) is 38.2 Å². The van der Waals surface area contributed by atoms with Gasteiger partial charge in [-0.2, -0.15) is 5.10 Å². The summed E-state index contributed by atoms with van der Waals surface area (Å²) in [6.45, 7) is 9.41. The molecule has 2 fully saturated rings. The quantitative estimate of drug-likeness (QED) is 0.728. The number of amides is 3. The van der Waals surface area contributed by atoms with Crippen molar-refractivity contribution in [2.45, 2.75) is 58.2 Å². The van der Waals surface area contributed by atoms with Crippen molar-refractivity contribution in [1.82, 2.24) is 24.5 Å². The van der Waals surface area contributed by atoms with Gasteiger partial charge in [-0.3, -0.25) is 14.4 Å². The van der Waals surface area contributed by atoms with Crippen LogP contribution in [0.4, 0.5) is 4.79 Å². The molecule has 2 aliphatic heterocycles. The maximum atomic E-state index is 13.0. The average Bonchev–Trinajstić information content (AvgIpc) is 3.20. The van der Waals surface area contributed by atoms with Gasteiger partial charge in [0.05, 0.1) is 0 Å². The number of hydrogen-bond donors (Lipinski definition) is 0. The van der Waals surface area contributed by atoms with E-state index in [0.717, 1.165) is 38.9 Å². The van der Waals surface area contributed by atoms with E-state index in [-0.39, 0.29) is 17.9 Å². The van der Waals surface area contributed by atoms with Crippen LogP contribution in [0.3, 0.4) is 0 Å². The summed E-state index contributed by atoms with van der Waals surface area (Å²) in [7, 11) is 1.79. The van der Waals surface area contributed by atoms with E-state index < -0.39 is 5.54 Å². The van der Waals surface area contributed by atoms with Crippen molar-refractivity contribution in [3.63, 3.8) is 0 Å². The Balaban J connectivity index is 1.59. The molecule has 0 aromatic carbocycles. The largest absolute Gasteiger partial charge is 0.327 e. The lowest BCUT2D eigenvalue weighted by molar-refractivity contribution is -0.135. The number of aryl methyl sites for hydroxylation is 1. The molecule has 1 aromatic rings. The summed E-state index contributed by atoms with van der Waals surface area (Å²) >= 11 is 0. The molecule has 1 spiro atoms. The second-order valence-corrected chi connectivity index (χ2v) is 8.13. The van der Waals surface area contributed by atoms with E-state index in [0.29, 0.717) is 12.6 Å². The highest BCUT2D eigenvalue weighted by molar-refractivity contribution is 6.07. The molecule has 1 aromatic heterocycles. The third-order valence-electron chi connectivity index (χ3n) is 5.93. The summed E-state index contributed by atoms with van der Waals surface area (Å²) in [6, 6.07) is 2.24. The van der Waals surface area contributed by atoms with E-state index in [1.54, 1.807) is 18.1 Å². The van der Waals surface area contributed by atoms with E-state index in [9.17, 15) is 9.59 Å². The Morgan fingerprint density at radius 2 is 1.88 bits per heavy atom. The first-order valence-electron chi connectivity index (χ1n) is 9.66. The Morgan fingerprint density at radius 3 is 2.46 bits per heavy atom. The van der Waals surface area contributed by atoms with E-state index in [4.69, 9.17) is 0 Å². The molecule has 3 heterocycles. The van der Waals surface area contributed by atoms with Gasteiger partial charge in [0.15, 0.2) is 0 Å². The zero-order chi connectivity index (χ0) is 18.9. The smallest absolute Gasteiger partial charge is 0.312 e. The normalized spacial score (nSPS) is 22.0. The monoisotopic (exact) mass is 361 g/mol. The minimum Gasteiger partial charge on any atom is -0.312 e. The number of nitrogens with zero attached hydrogens (tertiary/aromatic N) is 5. The molecule has 0 saturated carbocycles. The highest BCUT2D eigenvalue weighted by Crippen LogP contribution is 2.37. The summed E-state index contributed by atoms with van der Waals surface area (Å²) in [4.78, 5) is 31.2. The standard InChI is InChI=1S/C19H31N5O2/c1-15(2)14-24-17(25)19(21(4)18(24)26)7-12-22(13-8-19)16(3)6-11-23-10-5-9-20-23/h5,9-10,15-16H,6-8,11-14H2,1-4H3. The number of imide groups is 1.